The molecule has 0 bridgehead atoms. The Balaban J connectivity index is 1.70. The largest absolute Gasteiger partial charge is 0.390 e. The molecule has 0 radical (unpaired) electrons. The smallest absolute Gasteiger partial charge is 0.251 e. The number of nitrogens with zero attached hydrogens (tertiary/aromatic N) is 2. The van der Waals surface area contributed by atoms with Crippen molar-refractivity contribution in [2.24, 2.45) is 0 Å². The molecule has 2 aromatic rings. The first-order chi connectivity index (χ1) is 9.78. The van der Waals surface area contributed by atoms with Crippen molar-refractivity contribution >= 4 is 5.91 Å². The van der Waals surface area contributed by atoms with Gasteiger partial charge >= 0.3 is 0 Å². The third-order valence-electron chi connectivity index (χ3n) is 3.55. The van der Waals surface area contributed by atoms with Gasteiger partial charge in [0.2, 0.25) is 0 Å². The third-order valence-corrected chi connectivity index (χ3v) is 3.55. The lowest BCUT2D eigenvalue weighted by Gasteiger charge is -2.22. The van der Waals surface area contributed by atoms with Crippen molar-refractivity contribution < 1.29 is 14.4 Å². The maximum atomic E-state index is 12.1. The van der Waals surface area contributed by atoms with E-state index in [1.54, 1.807) is 24.5 Å². The Hall–Kier alpha value is -2.21. The molecule has 0 fully saturated rings. The van der Waals surface area contributed by atoms with Crippen LogP contribution in [-0.2, 0) is 19.4 Å². The van der Waals surface area contributed by atoms with Gasteiger partial charge in [-0.05, 0) is 25.0 Å². The summed E-state index contributed by atoms with van der Waals surface area (Å²) >= 11 is 0. The van der Waals surface area contributed by atoms with Gasteiger partial charge in [0.05, 0.1) is 6.61 Å². The van der Waals surface area contributed by atoms with Gasteiger partial charge in [0, 0.05) is 36.0 Å². The van der Waals surface area contributed by atoms with Crippen LogP contribution in [0.2, 0.25) is 0 Å². The second-order valence-electron chi connectivity index (χ2n) is 4.84. The van der Waals surface area contributed by atoms with E-state index in [4.69, 9.17) is 4.52 Å². The molecule has 2 N–H and O–H groups in total. The Morgan fingerprint density at radius 3 is 3.00 bits per heavy atom. The summed E-state index contributed by atoms with van der Waals surface area (Å²) in [6, 6.07) is 3.40. The molecular weight excluding hydrogens is 258 g/mol. The second kappa shape index (κ2) is 5.42. The number of aromatic nitrogens is 2. The second-order valence-corrected chi connectivity index (χ2v) is 4.84. The maximum absolute atomic E-state index is 12.1. The van der Waals surface area contributed by atoms with Gasteiger partial charge < -0.3 is 14.9 Å². The molecule has 0 saturated heterocycles. The highest BCUT2D eigenvalue weighted by atomic mass is 16.5. The molecule has 20 heavy (non-hydrogen) atoms. The Kier molecular flexibility index (Phi) is 3.47. The molecule has 1 atom stereocenters. The van der Waals surface area contributed by atoms with Gasteiger partial charge in [-0.1, -0.05) is 5.16 Å². The lowest BCUT2D eigenvalue weighted by Crippen LogP contribution is -2.38. The van der Waals surface area contributed by atoms with Crippen molar-refractivity contribution in [3.8, 4) is 0 Å². The van der Waals surface area contributed by atoms with E-state index in [9.17, 15) is 9.90 Å². The molecule has 2 aromatic heterocycles. The highest BCUT2D eigenvalue weighted by Gasteiger charge is 2.26. The van der Waals surface area contributed by atoms with E-state index in [2.05, 4.69) is 15.5 Å². The van der Waals surface area contributed by atoms with Crippen molar-refractivity contribution in [2.75, 3.05) is 0 Å². The summed E-state index contributed by atoms with van der Waals surface area (Å²) in [4.78, 5) is 16.0. The number of aryl methyl sites for hydroxylation is 1. The first-order valence-electron chi connectivity index (χ1n) is 6.56. The standard InChI is InChI=1S/C14H15N3O3/c18-8-12-11-7-10(1-2-13(11)20-17-12)16-14(19)9-3-5-15-6-4-9/h3-6,10,18H,1-2,7-8H2,(H,16,19). The van der Waals surface area contributed by atoms with Crippen molar-refractivity contribution in [3.05, 3.63) is 47.1 Å². The zero-order valence-electron chi connectivity index (χ0n) is 10.9. The number of nitrogens with one attached hydrogen (secondary N) is 1. The lowest BCUT2D eigenvalue weighted by atomic mass is 9.92. The molecule has 6 heteroatoms. The summed E-state index contributed by atoms with van der Waals surface area (Å²) in [6.07, 6.45) is 5.37. The monoisotopic (exact) mass is 273 g/mol. The van der Waals surface area contributed by atoms with E-state index in [1.165, 1.54) is 0 Å². The van der Waals surface area contributed by atoms with Crippen LogP contribution in [0.1, 0.15) is 33.8 Å². The molecule has 104 valence electrons. The van der Waals surface area contributed by atoms with Crippen molar-refractivity contribution in [1.29, 1.82) is 0 Å². The van der Waals surface area contributed by atoms with Crippen LogP contribution in [0.5, 0.6) is 0 Å². The Bertz CT molecular complexity index is 596. The van der Waals surface area contributed by atoms with Gasteiger partial charge in [0.15, 0.2) is 0 Å². The summed E-state index contributed by atoms with van der Waals surface area (Å²) in [5.41, 5.74) is 2.10. The fourth-order valence-corrected chi connectivity index (χ4v) is 2.48. The number of fused-ring (bicyclic) bond motifs is 1. The molecule has 2 heterocycles. The van der Waals surface area contributed by atoms with Crippen LogP contribution in [0.15, 0.2) is 29.0 Å². The van der Waals surface area contributed by atoms with Crippen LogP contribution in [-0.4, -0.2) is 27.2 Å². The minimum atomic E-state index is -0.135. The van der Waals surface area contributed by atoms with E-state index in [0.717, 1.165) is 24.2 Å². The summed E-state index contributed by atoms with van der Waals surface area (Å²) in [5.74, 6) is 0.714. The van der Waals surface area contributed by atoms with Crippen LogP contribution in [0.25, 0.3) is 0 Å². The molecule has 0 aliphatic heterocycles. The number of aliphatic hydroxyl groups is 1. The van der Waals surface area contributed by atoms with Crippen LogP contribution in [0.3, 0.4) is 0 Å². The molecule has 1 amide bonds. The first kappa shape index (κ1) is 12.8. The number of carbonyl (C=O) groups excluding carboxylic acids is 1. The van der Waals surface area contributed by atoms with Crippen LogP contribution in [0, 0.1) is 0 Å². The van der Waals surface area contributed by atoms with Crippen molar-refractivity contribution in [3.63, 3.8) is 0 Å². The first-order valence-corrected chi connectivity index (χ1v) is 6.56. The zero-order valence-corrected chi connectivity index (χ0v) is 10.9. The third kappa shape index (κ3) is 2.42. The molecule has 1 unspecified atom stereocenters. The summed E-state index contributed by atoms with van der Waals surface area (Å²) in [6.45, 7) is -0.135. The topological polar surface area (TPSA) is 88.2 Å². The Morgan fingerprint density at radius 2 is 2.25 bits per heavy atom. The van der Waals surface area contributed by atoms with Gasteiger partial charge in [0.1, 0.15) is 11.5 Å². The average molecular weight is 273 g/mol. The molecule has 1 aliphatic rings. The van der Waals surface area contributed by atoms with Gasteiger partial charge in [-0.25, -0.2) is 0 Å². The summed E-state index contributed by atoms with van der Waals surface area (Å²) in [7, 11) is 0. The number of hydrogen-bond donors (Lipinski definition) is 2. The van der Waals surface area contributed by atoms with Gasteiger partial charge in [-0.3, -0.25) is 9.78 Å². The minimum Gasteiger partial charge on any atom is -0.390 e. The van der Waals surface area contributed by atoms with E-state index < -0.39 is 0 Å². The zero-order chi connectivity index (χ0) is 13.9. The predicted molar refractivity (Wildman–Crippen MR) is 69.9 cm³/mol. The molecule has 0 spiro atoms. The summed E-state index contributed by atoms with van der Waals surface area (Å²) < 4.78 is 5.18. The van der Waals surface area contributed by atoms with Crippen LogP contribution >= 0.6 is 0 Å². The average Bonchev–Trinajstić information content (AvgIpc) is 2.90. The fraction of sp³-hybridized carbons (Fsp3) is 0.357. The maximum Gasteiger partial charge on any atom is 0.251 e. The van der Waals surface area contributed by atoms with Crippen molar-refractivity contribution in [2.45, 2.75) is 31.9 Å². The van der Waals surface area contributed by atoms with Gasteiger partial charge in [-0.15, -0.1) is 0 Å². The lowest BCUT2D eigenvalue weighted by molar-refractivity contribution is 0.0932. The number of carbonyl (C=O) groups is 1. The number of pyridine rings is 1. The minimum absolute atomic E-state index is 0.0351. The van der Waals surface area contributed by atoms with Gasteiger partial charge in [0.25, 0.3) is 5.91 Å². The summed E-state index contributed by atoms with van der Waals surface area (Å²) in [5, 5.41) is 16.1. The predicted octanol–water partition coefficient (Wildman–Crippen LogP) is 0.849. The molecule has 6 nitrogen and oxygen atoms in total. The Morgan fingerprint density at radius 1 is 1.45 bits per heavy atom. The molecule has 3 rings (SSSR count). The van der Waals surface area contributed by atoms with Gasteiger partial charge in [-0.2, -0.15) is 0 Å². The van der Waals surface area contributed by atoms with Crippen LogP contribution < -0.4 is 5.32 Å². The van der Waals surface area contributed by atoms with E-state index >= 15 is 0 Å². The number of rotatable bonds is 3. The van der Waals surface area contributed by atoms with Crippen LogP contribution in [0.4, 0.5) is 0 Å². The van der Waals surface area contributed by atoms with Crippen molar-refractivity contribution in [1.82, 2.24) is 15.5 Å². The molecule has 0 aromatic carbocycles. The molecule has 1 aliphatic carbocycles. The van der Waals surface area contributed by atoms with E-state index in [0.29, 0.717) is 17.7 Å². The molecular formula is C14H15N3O3. The normalized spacial score (nSPS) is 17.6. The quantitative estimate of drug-likeness (QED) is 0.865. The van der Waals surface area contributed by atoms with E-state index in [1.807, 2.05) is 0 Å². The SMILES string of the molecule is O=C(NC1CCc2onc(CO)c2C1)c1ccncc1. The highest BCUT2D eigenvalue weighted by molar-refractivity contribution is 5.94. The number of hydrogen-bond acceptors (Lipinski definition) is 5. The number of aliphatic hydroxyl groups excluding tert-OH is 1. The number of amides is 1. The molecule has 0 saturated carbocycles. The van der Waals surface area contributed by atoms with E-state index in [-0.39, 0.29) is 18.6 Å². The Labute approximate surface area is 115 Å². The highest BCUT2D eigenvalue weighted by Crippen LogP contribution is 2.24. The fourth-order valence-electron chi connectivity index (χ4n) is 2.48.